The summed E-state index contributed by atoms with van der Waals surface area (Å²) in [7, 11) is -0.679. The zero-order chi connectivity index (χ0) is 15.5. The van der Waals surface area contributed by atoms with E-state index in [0.29, 0.717) is 31.2 Å². The summed E-state index contributed by atoms with van der Waals surface area (Å²) >= 11 is 0. The molecule has 0 radical (unpaired) electrons. The summed E-state index contributed by atoms with van der Waals surface area (Å²) < 4.78 is 42.9. The molecule has 0 spiro atoms. The number of rotatable bonds is 5. The van der Waals surface area contributed by atoms with Crippen molar-refractivity contribution in [2.45, 2.75) is 24.3 Å². The minimum atomic E-state index is -3.63. The Kier molecular flexibility index (Phi) is 5.08. The molecule has 1 aromatic rings. The third-order valence-corrected chi connectivity index (χ3v) is 5.43. The van der Waals surface area contributed by atoms with E-state index in [1.807, 2.05) is 6.92 Å². The molecule has 0 unspecified atom stereocenters. The number of sulfonamides is 1. The fourth-order valence-corrected chi connectivity index (χ4v) is 3.91. The molecule has 1 aliphatic heterocycles. The van der Waals surface area contributed by atoms with Gasteiger partial charge in [0.1, 0.15) is 16.4 Å². The smallest absolute Gasteiger partial charge is 0.247 e. The van der Waals surface area contributed by atoms with Gasteiger partial charge in [0.15, 0.2) is 0 Å². The largest absolute Gasteiger partial charge is 0.497 e. The van der Waals surface area contributed by atoms with Crippen molar-refractivity contribution in [3.63, 3.8) is 0 Å². The van der Waals surface area contributed by atoms with Crippen LogP contribution < -0.4 is 9.47 Å². The Balaban J connectivity index is 2.38. The lowest BCUT2D eigenvalue weighted by Gasteiger charge is -2.32. The Labute approximate surface area is 125 Å². The van der Waals surface area contributed by atoms with Crippen molar-refractivity contribution in [2.75, 3.05) is 33.9 Å². The van der Waals surface area contributed by atoms with Crippen LogP contribution >= 0.6 is 0 Å². The fourth-order valence-electron chi connectivity index (χ4n) is 2.28. The molecule has 1 aromatic carbocycles. The Morgan fingerprint density at radius 1 is 1.33 bits per heavy atom. The Morgan fingerprint density at radius 2 is 2.10 bits per heavy atom. The van der Waals surface area contributed by atoms with Crippen LogP contribution in [0.2, 0.25) is 0 Å². The van der Waals surface area contributed by atoms with E-state index >= 15 is 0 Å². The maximum absolute atomic E-state index is 12.8. The van der Waals surface area contributed by atoms with Crippen LogP contribution in [0.3, 0.4) is 0 Å². The number of methoxy groups -OCH3 is 2. The summed E-state index contributed by atoms with van der Waals surface area (Å²) in [5, 5.41) is 0. The number of nitrogens with zero attached hydrogens (tertiary/aromatic N) is 1. The predicted octanol–water partition coefficient (Wildman–Crippen LogP) is 1.50. The van der Waals surface area contributed by atoms with Crippen LogP contribution in [-0.4, -0.2) is 52.7 Å². The van der Waals surface area contributed by atoms with Gasteiger partial charge in [0.2, 0.25) is 10.0 Å². The number of hydrogen-bond acceptors (Lipinski definition) is 5. The standard InChI is InChI=1S/C14H21NO5S/c1-4-11-10-15(7-8-20-11)21(16,17)14-9-12(18-2)5-6-13(14)19-3/h5-6,9,11H,4,7-8,10H2,1-3H3/t11-/m0/s1. The molecule has 2 rings (SSSR count). The molecule has 21 heavy (non-hydrogen) atoms. The summed E-state index contributed by atoms with van der Waals surface area (Å²) in [5.74, 6) is 0.796. The lowest BCUT2D eigenvalue weighted by Crippen LogP contribution is -2.45. The maximum Gasteiger partial charge on any atom is 0.247 e. The third kappa shape index (κ3) is 3.30. The number of hydrogen-bond donors (Lipinski definition) is 0. The van der Waals surface area contributed by atoms with Crippen molar-refractivity contribution in [1.82, 2.24) is 4.31 Å². The SMILES string of the molecule is CC[C@H]1CN(S(=O)(=O)c2cc(OC)ccc2OC)CCO1. The van der Waals surface area contributed by atoms with Gasteiger partial charge in [-0.15, -0.1) is 0 Å². The number of benzene rings is 1. The van der Waals surface area contributed by atoms with Gasteiger partial charge in [-0.2, -0.15) is 4.31 Å². The minimum Gasteiger partial charge on any atom is -0.497 e. The Bertz CT molecular complexity index is 587. The maximum atomic E-state index is 12.8. The number of morpholine rings is 1. The second-order valence-electron chi connectivity index (χ2n) is 4.78. The molecule has 0 saturated carbocycles. The quantitative estimate of drug-likeness (QED) is 0.824. The molecule has 0 aliphatic carbocycles. The van der Waals surface area contributed by atoms with E-state index in [9.17, 15) is 8.42 Å². The van der Waals surface area contributed by atoms with Gasteiger partial charge < -0.3 is 14.2 Å². The average molecular weight is 315 g/mol. The van der Waals surface area contributed by atoms with Crippen LogP contribution in [0.1, 0.15) is 13.3 Å². The van der Waals surface area contributed by atoms with Crippen molar-refractivity contribution < 1.29 is 22.6 Å². The molecule has 1 heterocycles. The first-order chi connectivity index (χ1) is 10.0. The van der Waals surface area contributed by atoms with E-state index in [0.717, 1.165) is 6.42 Å². The van der Waals surface area contributed by atoms with Crippen molar-refractivity contribution in [1.29, 1.82) is 0 Å². The Hall–Kier alpha value is -1.31. The molecule has 1 aliphatic rings. The van der Waals surface area contributed by atoms with Gasteiger partial charge in [0, 0.05) is 19.2 Å². The fraction of sp³-hybridized carbons (Fsp3) is 0.571. The first-order valence-electron chi connectivity index (χ1n) is 6.86. The van der Waals surface area contributed by atoms with Gasteiger partial charge in [0.25, 0.3) is 0 Å². The normalized spacial score (nSPS) is 20.2. The minimum absolute atomic E-state index is 0.0647. The van der Waals surface area contributed by atoms with Crippen molar-refractivity contribution in [3.8, 4) is 11.5 Å². The average Bonchev–Trinajstić information content (AvgIpc) is 2.54. The predicted molar refractivity (Wildman–Crippen MR) is 78.3 cm³/mol. The van der Waals surface area contributed by atoms with E-state index in [1.54, 1.807) is 12.1 Å². The summed E-state index contributed by atoms with van der Waals surface area (Å²) in [5.41, 5.74) is 0. The topological polar surface area (TPSA) is 65.1 Å². The third-order valence-electron chi connectivity index (χ3n) is 3.55. The molecule has 1 saturated heterocycles. The van der Waals surface area contributed by atoms with E-state index in [1.165, 1.54) is 24.6 Å². The molecule has 0 bridgehead atoms. The molecule has 0 aromatic heterocycles. The number of ether oxygens (including phenoxy) is 3. The highest BCUT2D eigenvalue weighted by Gasteiger charge is 2.32. The van der Waals surface area contributed by atoms with E-state index in [4.69, 9.17) is 14.2 Å². The first kappa shape index (κ1) is 16.1. The molecule has 118 valence electrons. The van der Waals surface area contributed by atoms with Gasteiger partial charge in [-0.05, 0) is 18.6 Å². The molecule has 1 atom stereocenters. The molecule has 0 amide bonds. The molecule has 7 heteroatoms. The second-order valence-corrected chi connectivity index (χ2v) is 6.69. The van der Waals surface area contributed by atoms with Gasteiger partial charge in [-0.25, -0.2) is 8.42 Å². The Morgan fingerprint density at radius 3 is 2.71 bits per heavy atom. The summed E-state index contributed by atoms with van der Waals surface area (Å²) in [4.78, 5) is 0.126. The van der Waals surface area contributed by atoms with Crippen molar-refractivity contribution in [3.05, 3.63) is 18.2 Å². The van der Waals surface area contributed by atoms with Gasteiger partial charge in [-0.3, -0.25) is 0 Å². The molecule has 6 nitrogen and oxygen atoms in total. The van der Waals surface area contributed by atoms with Crippen LogP contribution in [0.4, 0.5) is 0 Å². The van der Waals surface area contributed by atoms with Gasteiger partial charge >= 0.3 is 0 Å². The monoisotopic (exact) mass is 315 g/mol. The van der Waals surface area contributed by atoms with Crippen LogP contribution in [0, 0.1) is 0 Å². The van der Waals surface area contributed by atoms with Crippen molar-refractivity contribution >= 4 is 10.0 Å². The molecular weight excluding hydrogens is 294 g/mol. The zero-order valence-electron chi connectivity index (χ0n) is 12.5. The lowest BCUT2D eigenvalue weighted by molar-refractivity contribution is -0.00281. The second kappa shape index (κ2) is 6.64. The zero-order valence-corrected chi connectivity index (χ0v) is 13.4. The van der Waals surface area contributed by atoms with Gasteiger partial charge in [0.05, 0.1) is 26.9 Å². The highest BCUT2D eigenvalue weighted by Crippen LogP contribution is 2.31. The van der Waals surface area contributed by atoms with E-state index in [2.05, 4.69) is 0 Å². The summed E-state index contributed by atoms with van der Waals surface area (Å²) in [6.07, 6.45) is 0.714. The highest BCUT2D eigenvalue weighted by molar-refractivity contribution is 7.89. The van der Waals surface area contributed by atoms with Crippen molar-refractivity contribution in [2.24, 2.45) is 0 Å². The van der Waals surface area contributed by atoms with E-state index in [-0.39, 0.29) is 11.0 Å². The van der Waals surface area contributed by atoms with Crippen LogP contribution in [0.5, 0.6) is 11.5 Å². The van der Waals surface area contributed by atoms with Gasteiger partial charge in [-0.1, -0.05) is 6.92 Å². The lowest BCUT2D eigenvalue weighted by atomic mass is 10.2. The summed E-state index contributed by atoms with van der Waals surface area (Å²) in [6.45, 7) is 3.09. The highest BCUT2D eigenvalue weighted by atomic mass is 32.2. The molecule has 0 N–H and O–H groups in total. The van der Waals surface area contributed by atoms with Crippen LogP contribution in [0.15, 0.2) is 23.1 Å². The first-order valence-corrected chi connectivity index (χ1v) is 8.30. The van der Waals surface area contributed by atoms with E-state index < -0.39 is 10.0 Å². The summed E-state index contributed by atoms with van der Waals surface area (Å²) in [6, 6.07) is 4.76. The van der Waals surface area contributed by atoms with Crippen LogP contribution in [-0.2, 0) is 14.8 Å². The molecule has 1 fully saturated rings. The molecular formula is C14H21NO5S. The van der Waals surface area contributed by atoms with Crippen LogP contribution in [0.25, 0.3) is 0 Å².